The second kappa shape index (κ2) is 8.23. The Bertz CT molecular complexity index is 809. The Morgan fingerprint density at radius 1 is 1.19 bits per heavy atom. The van der Waals surface area contributed by atoms with Crippen molar-refractivity contribution in [3.8, 4) is 0 Å². The minimum Gasteiger partial charge on any atom is -0.466 e. The Labute approximate surface area is 157 Å². The summed E-state index contributed by atoms with van der Waals surface area (Å²) in [5.41, 5.74) is 2.69. The zero-order valence-corrected chi connectivity index (χ0v) is 15.3. The molecule has 5 nitrogen and oxygen atoms in total. The van der Waals surface area contributed by atoms with Crippen LogP contribution in [0.15, 0.2) is 48.5 Å². The van der Waals surface area contributed by atoms with E-state index in [0.717, 1.165) is 17.5 Å². The minimum absolute atomic E-state index is 0.126. The van der Waals surface area contributed by atoms with Crippen molar-refractivity contribution in [3.05, 3.63) is 64.7 Å². The number of urea groups is 1. The predicted molar refractivity (Wildman–Crippen MR) is 101 cm³/mol. The van der Waals surface area contributed by atoms with Crippen molar-refractivity contribution in [2.45, 2.75) is 25.8 Å². The maximum atomic E-state index is 12.9. The number of anilines is 1. The number of carbonyl (C=O) groups excluding carboxylic acids is 2. The van der Waals surface area contributed by atoms with E-state index in [2.05, 4.69) is 5.32 Å². The molecule has 0 bridgehead atoms. The lowest BCUT2D eigenvalue weighted by atomic mass is 9.91. The van der Waals surface area contributed by atoms with E-state index in [1.165, 1.54) is 0 Å². The first-order chi connectivity index (χ1) is 12.6. The Balaban J connectivity index is 1.85. The number of hydrogen-bond donors (Lipinski definition) is 1. The van der Waals surface area contributed by atoms with Gasteiger partial charge in [-0.3, -0.25) is 4.79 Å². The molecular weight excluding hydrogens is 352 g/mol. The highest BCUT2D eigenvalue weighted by Crippen LogP contribution is 2.33. The first-order valence-corrected chi connectivity index (χ1v) is 9.03. The van der Waals surface area contributed by atoms with Gasteiger partial charge in [-0.2, -0.15) is 0 Å². The fraction of sp³-hybridized carbons (Fsp3) is 0.300. The molecule has 0 radical (unpaired) electrons. The van der Waals surface area contributed by atoms with Crippen LogP contribution in [0.4, 0.5) is 10.5 Å². The number of fused-ring (bicyclic) bond motifs is 1. The number of amides is 2. The Morgan fingerprint density at radius 3 is 2.69 bits per heavy atom. The zero-order valence-electron chi connectivity index (χ0n) is 14.6. The molecule has 1 atom stereocenters. The van der Waals surface area contributed by atoms with E-state index in [4.69, 9.17) is 16.3 Å². The highest BCUT2D eigenvalue weighted by atomic mass is 35.5. The molecule has 2 aromatic rings. The van der Waals surface area contributed by atoms with Crippen LogP contribution in [0.1, 0.15) is 30.5 Å². The standard InChI is InChI=1S/C20H21ClN2O3/c1-2-26-19(24)13-18-15-8-4-3-7-14(15)11-12-23(18)20(25)22-17-10-6-5-9-16(17)21/h3-10,18H,2,11-13H2,1H3,(H,22,25)/t18-/m1/s1. The van der Waals surface area contributed by atoms with Gasteiger partial charge in [0, 0.05) is 6.54 Å². The molecule has 0 unspecified atom stereocenters. The van der Waals surface area contributed by atoms with Gasteiger partial charge in [-0.15, -0.1) is 0 Å². The summed E-state index contributed by atoms with van der Waals surface area (Å²) in [5, 5.41) is 3.32. The van der Waals surface area contributed by atoms with E-state index in [9.17, 15) is 9.59 Å². The monoisotopic (exact) mass is 372 g/mol. The van der Waals surface area contributed by atoms with Gasteiger partial charge in [0.2, 0.25) is 0 Å². The quantitative estimate of drug-likeness (QED) is 0.808. The van der Waals surface area contributed by atoms with Gasteiger partial charge < -0.3 is 15.0 Å². The van der Waals surface area contributed by atoms with Crippen molar-refractivity contribution in [3.63, 3.8) is 0 Å². The van der Waals surface area contributed by atoms with Crippen LogP contribution in [0, 0.1) is 0 Å². The van der Waals surface area contributed by atoms with Gasteiger partial charge in [0.1, 0.15) is 0 Å². The number of benzene rings is 2. The second-order valence-corrected chi connectivity index (χ2v) is 6.48. The molecule has 26 heavy (non-hydrogen) atoms. The molecule has 136 valence electrons. The van der Waals surface area contributed by atoms with Crippen molar-refractivity contribution in [2.75, 3.05) is 18.5 Å². The van der Waals surface area contributed by atoms with Crippen LogP contribution in [0.5, 0.6) is 0 Å². The molecule has 1 aliphatic heterocycles. The molecule has 3 rings (SSSR count). The number of nitrogens with one attached hydrogen (secondary N) is 1. The lowest BCUT2D eigenvalue weighted by Gasteiger charge is -2.37. The maximum absolute atomic E-state index is 12.9. The van der Waals surface area contributed by atoms with Gasteiger partial charge in [-0.25, -0.2) is 4.79 Å². The van der Waals surface area contributed by atoms with Crippen LogP contribution >= 0.6 is 11.6 Å². The SMILES string of the molecule is CCOC(=O)C[C@@H]1c2ccccc2CCN1C(=O)Nc1ccccc1Cl. The topological polar surface area (TPSA) is 58.6 Å². The van der Waals surface area contributed by atoms with Gasteiger partial charge in [-0.1, -0.05) is 48.0 Å². The Morgan fingerprint density at radius 2 is 1.92 bits per heavy atom. The van der Waals surface area contributed by atoms with Crippen molar-refractivity contribution in [1.82, 2.24) is 4.90 Å². The molecule has 6 heteroatoms. The van der Waals surface area contributed by atoms with Gasteiger partial charge >= 0.3 is 12.0 Å². The van der Waals surface area contributed by atoms with Crippen LogP contribution in [0.25, 0.3) is 0 Å². The maximum Gasteiger partial charge on any atom is 0.322 e. The molecule has 1 heterocycles. The normalized spacial score (nSPS) is 15.9. The molecule has 0 fully saturated rings. The zero-order chi connectivity index (χ0) is 18.5. The average Bonchev–Trinajstić information content (AvgIpc) is 2.64. The Kier molecular flexibility index (Phi) is 5.78. The van der Waals surface area contributed by atoms with Gasteiger partial charge in [0.15, 0.2) is 0 Å². The largest absolute Gasteiger partial charge is 0.466 e. The number of rotatable bonds is 4. The van der Waals surface area contributed by atoms with Crippen molar-refractivity contribution < 1.29 is 14.3 Å². The minimum atomic E-state index is -0.360. The summed E-state index contributed by atoms with van der Waals surface area (Å²) in [6.07, 6.45) is 0.867. The smallest absolute Gasteiger partial charge is 0.322 e. The number of ether oxygens (including phenoxy) is 1. The van der Waals surface area contributed by atoms with Crippen molar-refractivity contribution in [2.24, 2.45) is 0 Å². The molecule has 0 spiro atoms. The highest BCUT2D eigenvalue weighted by molar-refractivity contribution is 6.33. The summed E-state index contributed by atoms with van der Waals surface area (Å²) in [6.45, 7) is 2.62. The Hall–Kier alpha value is -2.53. The number of nitrogens with zero attached hydrogens (tertiary/aromatic N) is 1. The molecule has 1 N–H and O–H groups in total. The molecule has 1 aliphatic rings. The van der Waals surface area contributed by atoms with E-state index in [-0.39, 0.29) is 24.5 Å². The van der Waals surface area contributed by atoms with E-state index in [1.54, 1.807) is 30.0 Å². The van der Waals surface area contributed by atoms with E-state index in [0.29, 0.717) is 23.9 Å². The molecule has 0 aromatic heterocycles. The predicted octanol–water partition coefficient (Wildman–Crippen LogP) is 4.42. The van der Waals surface area contributed by atoms with Gasteiger partial charge in [0.05, 0.1) is 29.8 Å². The third kappa shape index (κ3) is 3.99. The van der Waals surface area contributed by atoms with Crippen LogP contribution in [0.3, 0.4) is 0 Å². The molecular formula is C20H21ClN2O3. The van der Waals surface area contributed by atoms with Crippen LogP contribution < -0.4 is 5.32 Å². The molecule has 0 saturated heterocycles. The lowest BCUT2D eigenvalue weighted by molar-refractivity contribution is -0.144. The van der Waals surface area contributed by atoms with E-state index in [1.807, 2.05) is 30.3 Å². The summed E-state index contributed by atoms with van der Waals surface area (Å²) in [4.78, 5) is 26.7. The lowest BCUT2D eigenvalue weighted by Crippen LogP contribution is -2.43. The third-order valence-corrected chi connectivity index (χ3v) is 4.78. The first kappa shape index (κ1) is 18.3. The second-order valence-electron chi connectivity index (χ2n) is 6.08. The van der Waals surface area contributed by atoms with Crippen LogP contribution in [0.2, 0.25) is 5.02 Å². The number of esters is 1. The summed E-state index contributed by atoms with van der Waals surface area (Å²) in [6, 6.07) is 14.3. The summed E-state index contributed by atoms with van der Waals surface area (Å²) in [7, 11) is 0. The molecule has 0 aliphatic carbocycles. The van der Waals surface area contributed by atoms with Crippen LogP contribution in [-0.2, 0) is 16.0 Å². The molecule has 0 saturated carbocycles. The average molecular weight is 373 g/mol. The molecule has 2 aromatic carbocycles. The number of hydrogen-bond acceptors (Lipinski definition) is 3. The summed E-state index contributed by atoms with van der Waals surface area (Å²) >= 11 is 6.14. The van der Waals surface area contributed by atoms with Gasteiger partial charge in [0.25, 0.3) is 0 Å². The number of para-hydroxylation sites is 1. The third-order valence-electron chi connectivity index (χ3n) is 4.45. The number of halogens is 1. The summed E-state index contributed by atoms with van der Waals surface area (Å²) < 4.78 is 5.11. The van der Waals surface area contributed by atoms with Gasteiger partial charge in [-0.05, 0) is 36.6 Å². The fourth-order valence-electron chi connectivity index (χ4n) is 3.24. The fourth-order valence-corrected chi connectivity index (χ4v) is 3.43. The summed E-state index contributed by atoms with van der Waals surface area (Å²) in [5.74, 6) is -0.315. The van der Waals surface area contributed by atoms with Crippen LogP contribution in [-0.4, -0.2) is 30.1 Å². The molecule has 2 amide bonds. The first-order valence-electron chi connectivity index (χ1n) is 8.65. The van der Waals surface area contributed by atoms with E-state index < -0.39 is 0 Å². The van der Waals surface area contributed by atoms with Crippen molar-refractivity contribution >= 4 is 29.3 Å². The number of carbonyl (C=O) groups is 2. The van der Waals surface area contributed by atoms with E-state index >= 15 is 0 Å². The van der Waals surface area contributed by atoms with Crippen molar-refractivity contribution in [1.29, 1.82) is 0 Å². The highest BCUT2D eigenvalue weighted by Gasteiger charge is 2.32.